The number of anilines is 3. The van der Waals surface area contributed by atoms with Gasteiger partial charge < -0.3 is 29.9 Å². The molecule has 1 aliphatic heterocycles. The van der Waals surface area contributed by atoms with Gasteiger partial charge in [0, 0.05) is 49.3 Å². The number of nitrogens with one attached hydrogen (secondary N) is 2. The van der Waals surface area contributed by atoms with Crippen LogP contribution in [0.3, 0.4) is 0 Å². The van der Waals surface area contributed by atoms with Gasteiger partial charge in [-0.2, -0.15) is 5.26 Å². The normalized spacial score (nSPS) is 13.6. The van der Waals surface area contributed by atoms with Crippen molar-refractivity contribution < 1.29 is 14.3 Å². The zero-order valence-electron chi connectivity index (χ0n) is 23.6. The third-order valence-electron chi connectivity index (χ3n) is 6.60. The lowest BCUT2D eigenvalue weighted by molar-refractivity contribution is -0.130. The highest BCUT2D eigenvalue weighted by molar-refractivity contribution is 5.82. The molecule has 0 aliphatic carbocycles. The molecule has 4 rings (SSSR count). The number of hydrogen-bond acceptors (Lipinski definition) is 9. The number of ether oxygens (including phenoxy) is 2. The maximum absolute atomic E-state index is 12.6. The predicted molar refractivity (Wildman–Crippen MR) is 156 cm³/mol. The zero-order valence-corrected chi connectivity index (χ0v) is 23.6. The van der Waals surface area contributed by atoms with E-state index in [0.29, 0.717) is 29.5 Å². The minimum Gasteiger partial charge on any atom is -0.491 e. The van der Waals surface area contributed by atoms with Gasteiger partial charge in [-0.05, 0) is 76.5 Å². The van der Waals surface area contributed by atoms with Crippen molar-refractivity contribution in [2.75, 3.05) is 70.3 Å². The fourth-order valence-corrected chi connectivity index (χ4v) is 4.14. The van der Waals surface area contributed by atoms with Crippen molar-refractivity contribution in [1.82, 2.24) is 20.2 Å². The molecule has 0 atom stereocenters. The Balaban J connectivity index is 1.40. The van der Waals surface area contributed by atoms with Crippen LogP contribution in [0.15, 0.2) is 54.7 Å². The summed E-state index contributed by atoms with van der Waals surface area (Å²) in [6.45, 7) is 8.36. The number of likely N-dealkylation sites (N-methyl/N-ethyl adjacent to an activating group) is 1. The van der Waals surface area contributed by atoms with Crippen LogP contribution in [0.5, 0.6) is 5.75 Å². The van der Waals surface area contributed by atoms with Crippen molar-refractivity contribution in [2.24, 2.45) is 5.41 Å². The molecule has 0 unspecified atom stereocenters. The van der Waals surface area contributed by atoms with E-state index in [-0.39, 0.29) is 12.5 Å². The number of amides is 1. The van der Waals surface area contributed by atoms with Crippen LogP contribution in [0.4, 0.5) is 17.3 Å². The standard InChI is InChI=1S/C30H37N7O3/c1-30(2,28(38)32-13-14-36(3)4)21-40-27-10-5-22(19-23(27)20-31)26-11-12-33-29(35-26)34-24-6-8-25(9-7-24)37-15-17-39-18-16-37/h5-12,19H,13-18,21H2,1-4H3,(H,32,38)(H,33,34,35). The maximum Gasteiger partial charge on any atom is 0.229 e. The van der Waals surface area contributed by atoms with E-state index in [1.165, 1.54) is 0 Å². The Hall–Kier alpha value is -4.20. The van der Waals surface area contributed by atoms with E-state index < -0.39 is 5.41 Å². The van der Waals surface area contributed by atoms with E-state index in [4.69, 9.17) is 9.47 Å². The molecule has 0 bridgehead atoms. The van der Waals surface area contributed by atoms with Gasteiger partial charge in [0.05, 0.1) is 29.9 Å². The van der Waals surface area contributed by atoms with E-state index in [1.54, 1.807) is 24.4 Å². The van der Waals surface area contributed by atoms with E-state index in [2.05, 4.69) is 43.7 Å². The Morgan fingerprint density at radius 2 is 1.90 bits per heavy atom. The van der Waals surface area contributed by atoms with Crippen LogP contribution in [-0.2, 0) is 9.53 Å². The van der Waals surface area contributed by atoms with Gasteiger partial charge in [-0.15, -0.1) is 0 Å². The van der Waals surface area contributed by atoms with E-state index >= 15 is 0 Å². The monoisotopic (exact) mass is 543 g/mol. The Kier molecular flexibility index (Phi) is 9.53. The second kappa shape index (κ2) is 13.2. The molecule has 0 spiro atoms. The molecule has 2 aromatic carbocycles. The molecule has 1 aliphatic rings. The molecule has 3 aromatic rings. The second-order valence-electron chi connectivity index (χ2n) is 10.6. The Labute approximate surface area is 235 Å². The highest BCUT2D eigenvalue weighted by atomic mass is 16.5. The zero-order chi connectivity index (χ0) is 28.5. The number of carbonyl (C=O) groups excluding carboxylic acids is 1. The summed E-state index contributed by atoms with van der Waals surface area (Å²) >= 11 is 0. The number of morpholine rings is 1. The SMILES string of the molecule is CN(C)CCNC(=O)C(C)(C)COc1ccc(-c2ccnc(Nc3ccc(N4CCOCC4)cc3)n2)cc1C#N. The van der Waals surface area contributed by atoms with Gasteiger partial charge in [0.2, 0.25) is 11.9 Å². The summed E-state index contributed by atoms with van der Waals surface area (Å²) in [5, 5.41) is 16.0. The lowest BCUT2D eigenvalue weighted by atomic mass is 9.93. The van der Waals surface area contributed by atoms with Gasteiger partial charge in [0.25, 0.3) is 0 Å². The van der Waals surface area contributed by atoms with Crippen LogP contribution in [0, 0.1) is 16.7 Å². The van der Waals surface area contributed by atoms with Crippen molar-refractivity contribution in [3.8, 4) is 23.1 Å². The summed E-state index contributed by atoms with van der Waals surface area (Å²) in [5.74, 6) is 0.784. The van der Waals surface area contributed by atoms with Crippen LogP contribution in [0.25, 0.3) is 11.3 Å². The van der Waals surface area contributed by atoms with E-state index in [0.717, 1.165) is 49.8 Å². The summed E-state index contributed by atoms with van der Waals surface area (Å²) in [6.07, 6.45) is 1.68. The highest BCUT2D eigenvalue weighted by Crippen LogP contribution is 2.28. The van der Waals surface area contributed by atoms with Crippen LogP contribution in [0.1, 0.15) is 19.4 Å². The van der Waals surface area contributed by atoms with E-state index in [1.807, 2.05) is 51.0 Å². The molecule has 2 heterocycles. The topological polar surface area (TPSA) is 116 Å². The van der Waals surface area contributed by atoms with Crippen molar-refractivity contribution >= 4 is 23.2 Å². The van der Waals surface area contributed by atoms with Gasteiger partial charge in [0.1, 0.15) is 18.4 Å². The fraction of sp³-hybridized carbons (Fsp3) is 0.400. The molecule has 10 nitrogen and oxygen atoms in total. The number of hydrogen-bond donors (Lipinski definition) is 2. The van der Waals surface area contributed by atoms with E-state index in [9.17, 15) is 10.1 Å². The summed E-state index contributed by atoms with van der Waals surface area (Å²) in [4.78, 5) is 25.9. The molecule has 210 valence electrons. The highest BCUT2D eigenvalue weighted by Gasteiger charge is 2.29. The third kappa shape index (κ3) is 7.68. The summed E-state index contributed by atoms with van der Waals surface area (Å²) in [5.41, 5.74) is 3.08. The molecule has 0 saturated carbocycles. The summed E-state index contributed by atoms with van der Waals surface area (Å²) in [7, 11) is 3.91. The van der Waals surface area contributed by atoms with Gasteiger partial charge >= 0.3 is 0 Å². The van der Waals surface area contributed by atoms with Crippen LogP contribution >= 0.6 is 0 Å². The average molecular weight is 544 g/mol. The average Bonchev–Trinajstić information content (AvgIpc) is 2.97. The molecular weight excluding hydrogens is 506 g/mol. The summed E-state index contributed by atoms with van der Waals surface area (Å²) in [6, 6.07) is 17.5. The number of carbonyl (C=O) groups is 1. The minimum atomic E-state index is -0.759. The van der Waals surface area contributed by atoms with Crippen molar-refractivity contribution in [1.29, 1.82) is 5.26 Å². The van der Waals surface area contributed by atoms with Gasteiger partial charge in [-0.1, -0.05) is 0 Å². The molecular formula is C30H37N7O3. The number of nitrogens with zero attached hydrogens (tertiary/aromatic N) is 5. The summed E-state index contributed by atoms with van der Waals surface area (Å²) < 4.78 is 11.4. The predicted octanol–water partition coefficient (Wildman–Crippen LogP) is 3.68. The first-order valence-corrected chi connectivity index (χ1v) is 13.4. The van der Waals surface area contributed by atoms with Crippen LogP contribution < -0.4 is 20.3 Å². The Morgan fingerprint density at radius 1 is 1.15 bits per heavy atom. The van der Waals surface area contributed by atoms with Gasteiger partial charge in [0.15, 0.2) is 0 Å². The fourth-order valence-electron chi connectivity index (χ4n) is 4.14. The first-order valence-electron chi connectivity index (χ1n) is 13.4. The second-order valence-corrected chi connectivity index (χ2v) is 10.6. The van der Waals surface area contributed by atoms with Gasteiger partial charge in [-0.3, -0.25) is 4.79 Å². The number of aromatic nitrogens is 2. The molecule has 2 N–H and O–H groups in total. The molecule has 1 saturated heterocycles. The number of benzene rings is 2. The van der Waals surface area contributed by atoms with Gasteiger partial charge in [-0.25, -0.2) is 9.97 Å². The molecule has 10 heteroatoms. The first kappa shape index (κ1) is 28.8. The number of rotatable bonds is 11. The molecule has 1 amide bonds. The third-order valence-corrected chi connectivity index (χ3v) is 6.60. The number of nitriles is 1. The minimum absolute atomic E-state index is 0.0961. The van der Waals surface area contributed by atoms with Crippen molar-refractivity contribution in [2.45, 2.75) is 13.8 Å². The van der Waals surface area contributed by atoms with Crippen LogP contribution in [0.2, 0.25) is 0 Å². The quantitative estimate of drug-likeness (QED) is 0.374. The lowest BCUT2D eigenvalue weighted by Crippen LogP contribution is -2.43. The maximum atomic E-state index is 12.6. The van der Waals surface area contributed by atoms with Crippen molar-refractivity contribution in [3.05, 3.63) is 60.3 Å². The molecule has 40 heavy (non-hydrogen) atoms. The van der Waals surface area contributed by atoms with Crippen LogP contribution in [-0.4, -0.2) is 80.9 Å². The Morgan fingerprint density at radius 3 is 2.60 bits per heavy atom. The first-order chi connectivity index (χ1) is 19.2. The largest absolute Gasteiger partial charge is 0.491 e. The molecule has 1 fully saturated rings. The smallest absolute Gasteiger partial charge is 0.229 e. The molecule has 0 radical (unpaired) electrons. The molecule has 1 aromatic heterocycles. The lowest BCUT2D eigenvalue weighted by Gasteiger charge is -2.28. The van der Waals surface area contributed by atoms with Crippen molar-refractivity contribution in [3.63, 3.8) is 0 Å². The Bertz CT molecular complexity index is 1330.